The molecule has 1 aromatic heterocycles. The molecule has 2 aromatic carbocycles. The number of aromatic nitrogens is 2. The molecule has 4 heterocycles. The third-order valence-electron chi connectivity index (χ3n) is 9.25. The van der Waals surface area contributed by atoms with Gasteiger partial charge in [0.2, 0.25) is 0 Å². The van der Waals surface area contributed by atoms with Gasteiger partial charge in [-0.05, 0) is 80.7 Å². The van der Waals surface area contributed by atoms with Crippen molar-refractivity contribution in [2.24, 2.45) is 0 Å². The average Bonchev–Trinajstić information content (AvgIpc) is 3.16. The Balaban J connectivity index is 1.46. The van der Waals surface area contributed by atoms with Gasteiger partial charge in [0, 0.05) is 55.5 Å². The molecule has 2 bridgehead atoms. The summed E-state index contributed by atoms with van der Waals surface area (Å²) in [4.78, 5) is 15.9. The minimum atomic E-state index is 0.359. The Bertz CT molecular complexity index is 1310. The normalized spacial score (nSPS) is 22.8. The zero-order chi connectivity index (χ0) is 26.6. The van der Waals surface area contributed by atoms with Crippen LogP contribution in [-0.2, 0) is 17.7 Å². The minimum Gasteiger partial charge on any atom is -0.381 e. The van der Waals surface area contributed by atoms with Crippen LogP contribution in [0.4, 0.5) is 11.5 Å². The lowest BCUT2D eigenvalue weighted by Gasteiger charge is -2.42. The molecule has 2 atom stereocenters. The molecule has 5 heteroatoms. The smallest absolute Gasteiger partial charge is 0.162 e. The second-order valence-corrected chi connectivity index (χ2v) is 12.1. The minimum absolute atomic E-state index is 0.359. The van der Waals surface area contributed by atoms with E-state index in [9.17, 15) is 0 Å². The van der Waals surface area contributed by atoms with E-state index in [4.69, 9.17) is 14.7 Å². The standard InChI is InChI=1S/C33H42N4O/c1-20(2)24-11-10-21(3)30(16-24)36-15-14-29-28(19-36)33(37-25-12-13-26(37)18-27(17-25)38-6)35-32(34-29)31-22(4)8-7-9-23(31)5/h7-11,16,20,25-27H,12-15,17-19H2,1-6H3. The predicted molar refractivity (Wildman–Crippen MR) is 156 cm³/mol. The molecule has 2 fully saturated rings. The molecular weight excluding hydrogens is 468 g/mol. The van der Waals surface area contributed by atoms with Crippen LogP contribution in [0, 0.1) is 20.8 Å². The fourth-order valence-corrected chi connectivity index (χ4v) is 7.09. The molecule has 0 amide bonds. The summed E-state index contributed by atoms with van der Waals surface area (Å²) >= 11 is 0. The Morgan fingerprint density at radius 3 is 2.29 bits per heavy atom. The summed E-state index contributed by atoms with van der Waals surface area (Å²) in [6.45, 7) is 13.0. The van der Waals surface area contributed by atoms with Crippen molar-refractivity contribution in [1.29, 1.82) is 0 Å². The Morgan fingerprint density at radius 1 is 0.921 bits per heavy atom. The number of piperidine rings is 1. The molecule has 0 spiro atoms. The van der Waals surface area contributed by atoms with E-state index in [0.29, 0.717) is 24.1 Å². The van der Waals surface area contributed by atoms with Gasteiger partial charge < -0.3 is 14.5 Å². The van der Waals surface area contributed by atoms with Crippen molar-refractivity contribution in [3.63, 3.8) is 0 Å². The lowest BCUT2D eigenvalue weighted by molar-refractivity contribution is 0.0681. The number of rotatable bonds is 5. The second kappa shape index (κ2) is 10.00. The number of hydrogen-bond acceptors (Lipinski definition) is 5. The van der Waals surface area contributed by atoms with Crippen molar-refractivity contribution in [3.05, 3.63) is 69.9 Å². The third kappa shape index (κ3) is 4.39. The summed E-state index contributed by atoms with van der Waals surface area (Å²) in [5.74, 6) is 2.59. The molecule has 200 valence electrons. The summed E-state index contributed by atoms with van der Waals surface area (Å²) in [5, 5.41) is 0. The highest BCUT2D eigenvalue weighted by atomic mass is 16.5. The van der Waals surface area contributed by atoms with E-state index in [2.05, 4.69) is 80.8 Å². The van der Waals surface area contributed by atoms with Crippen LogP contribution in [0.1, 0.15) is 79.0 Å². The zero-order valence-corrected chi connectivity index (χ0v) is 23.9. The molecule has 3 aromatic rings. The molecule has 2 saturated heterocycles. The first-order valence-electron chi connectivity index (χ1n) is 14.5. The molecule has 6 rings (SSSR count). The second-order valence-electron chi connectivity index (χ2n) is 12.1. The average molecular weight is 511 g/mol. The van der Waals surface area contributed by atoms with E-state index in [-0.39, 0.29) is 0 Å². The molecular formula is C33H42N4O. The van der Waals surface area contributed by atoms with E-state index < -0.39 is 0 Å². The van der Waals surface area contributed by atoms with Crippen LogP contribution in [0.15, 0.2) is 36.4 Å². The number of aryl methyl sites for hydroxylation is 3. The predicted octanol–water partition coefficient (Wildman–Crippen LogP) is 6.90. The quantitative estimate of drug-likeness (QED) is 0.373. The highest BCUT2D eigenvalue weighted by Gasteiger charge is 2.43. The van der Waals surface area contributed by atoms with Crippen LogP contribution in [-0.4, -0.2) is 41.8 Å². The largest absolute Gasteiger partial charge is 0.381 e. The summed E-state index contributed by atoms with van der Waals surface area (Å²) in [5.41, 5.74) is 10.3. The van der Waals surface area contributed by atoms with Crippen molar-refractivity contribution >= 4 is 11.5 Å². The van der Waals surface area contributed by atoms with Gasteiger partial charge in [-0.15, -0.1) is 0 Å². The molecule has 5 nitrogen and oxygen atoms in total. The van der Waals surface area contributed by atoms with Gasteiger partial charge in [0.05, 0.1) is 11.8 Å². The maximum atomic E-state index is 5.84. The first-order chi connectivity index (χ1) is 18.3. The molecule has 3 aliphatic heterocycles. The number of fused-ring (bicyclic) bond motifs is 3. The van der Waals surface area contributed by atoms with Crippen LogP contribution < -0.4 is 9.80 Å². The molecule has 2 unspecified atom stereocenters. The van der Waals surface area contributed by atoms with Crippen molar-refractivity contribution in [2.75, 3.05) is 23.5 Å². The van der Waals surface area contributed by atoms with Gasteiger partial charge in [-0.2, -0.15) is 0 Å². The highest BCUT2D eigenvalue weighted by molar-refractivity contribution is 5.69. The number of hydrogen-bond donors (Lipinski definition) is 0. The monoisotopic (exact) mass is 510 g/mol. The van der Waals surface area contributed by atoms with E-state index >= 15 is 0 Å². The Kier molecular flexibility index (Phi) is 6.67. The molecule has 0 N–H and O–H groups in total. The van der Waals surface area contributed by atoms with Gasteiger partial charge >= 0.3 is 0 Å². The van der Waals surface area contributed by atoms with Gasteiger partial charge in [-0.3, -0.25) is 0 Å². The first kappa shape index (κ1) is 25.4. The fourth-order valence-electron chi connectivity index (χ4n) is 7.09. The maximum Gasteiger partial charge on any atom is 0.162 e. The van der Waals surface area contributed by atoms with Crippen LogP contribution >= 0.6 is 0 Å². The van der Waals surface area contributed by atoms with Crippen LogP contribution in [0.2, 0.25) is 0 Å². The number of methoxy groups -OCH3 is 1. The van der Waals surface area contributed by atoms with Gasteiger partial charge in [0.1, 0.15) is 5.82 Å². The van der Waals surface area contributed by atoms with Crippen molar-refractivity contribution < 1.29 is 4.74 Å². The van der Waals surface area contributed by atoms with Gasteiger partial charge in [0.15, 0.2) is 5.82 Å². The van der Waals surface area contributed by atoms with Crippen molar-refractivity contribution in [2.45, 2.75) is 97.4 Å². The van der Waals surface area contributed by atoms with Crippen LogP contribution in [0.5, 0.6) is 0 Å². The Hall–Kier alpha value is -2.92. The highest BCUT2D eigenvalue weighted by Crippen LogP contribution is 2.43. The Labute approximate surface area is 228 Å². The molecule has 38 heavy (non-hydrogen) atoms. The zero-order valence-electron chi connectivity index (χ0n) is 23.9. The SMILES string of the molecule is COC1CC2CCC(C1)N2c1nc(-c2c(C)cccc2C)nc2c1CN(c1cc(C(C)C)ccc1C)CC2. The van der Waals surface area contributed by atoms with E-state index in [0.717, 1.165) is 38.2 Å². The molecule has 3 aliphatic rings. The number of ether oxygens (including phenoxy) is 1. The summed E-state index contributed by atoms with van der Waals surface area (Å²) < 4.78 is 5.84. The summed E-state index contributed by atoms with van der Waals surface area (Å²) in [7, 11) is 1.87. The molecule has 0 saturated carbocycles. The first-order valence-corrected chi connectivity index (χ1v) is 14.5. The number of benzene rings is 2. The van der Waals surface area contributed by atoms with E-state index in [1.165, 1.54) is 63.4 Å². The maximum absolute atomic E-state index is 5.84. The topological polar surface area (TPSA) is 41.5 Å². The van der Waals surface area contributed by atoms with Crippen LogP contribution in [0.3, 0.4) is 0 Å². The number of anilines is 2. The summed E-state index contributed by atoms with van der Waals surface area (Å²) in [6, 6.07) is 14.5. The Morgan fingerprint density at radius 2 is 1.63 bits per heavy atom. The molecule has 0 radical (unpaired) electrons. The van der Waals surface area contributed by atoms with E-state index in [1.807, 2.05) is 7.11 Å². The summed E-state index contributed by atoms with van der Waals surface area (Å²) in [6.07, 6.45) is 5.92. The lowest BCUT2D eigenvalue weighted by Crippen LogP contribution is -2.47. The van der Waals surface area contributed by atoms with Crippen LogP contribution in [0.25, 0.3) is 11.4 Å². The van der Waals surface area contributed by atoms with E-state index in [1.54, 1.807) is 0 Å². The van der Waals surface area contributed by atoms with Gasteiger partial charge in [-0.1, -0.05) is 44.2 Å². The fraction of sp³-hybridized carbons (Fsp3) is 0.515. The van der Waals surface area contributed by atoms with Gasteiger partial charge in [-0.25, -0.2) is 9.97 Å². The van der Waals surface area contributed by atoms with Crippen molar-refractivity contribution in [3.8, 4) is 11.4 Å². The lowest BCUT2D eigenvalue weighted by atomic mass is 9.95. The number of nitrogens with zero attached hydrogens (tertiary/aromatic N) is 4. The van der Waals surface area contributed by atoms with Gasteiger partial charge in [0.25, 0.3) is 0 Å². The third-order valence-corrected chi connectivity index (χ3v) is 9.25. The van der Waals surface area contributed by atoms with Crippen molar-refractivity contribution in [1.82, 2.24) is 9.97 Å². The molecule has 0 aliphatic carbocycles.